The zero-order chi connectivity index (χ0) is 14.1. The summed E-state index contributed by atoms with van der Waals surface area (Å²) in [5.74, 6) is 0.683. The Hall–Kier alpha value is -3.08. The molecule has 100 valence electrons. The van der Waals surface area contributed by atoms with Gasteiger partial charge in [0.05, 0.1) is 18.7 Å². The number of furan rings is 1. The molecular formula is C16H10N4O. The van der Waals surface area contributed by atoms with Crippen molar-refractivity contribution in [3.63, 3.8) is 0 Å². The van der Waals surface area contributed by atoms with Gasteiger partial charge in [-0.3, -0.25) is 0 Å². The molecule has 4 aromatic rings. The number of aromatic nitrogens is 4. The topological polar surface area (TPSA) is 64.7 Å². The van der Waals surface area contributed by atoms with Gasteiger partial charge in [-0.1, -0.05) is 30.3 Å². The summed E-state index contributed by atoms with van der Waals surface area (Å²) in [7, 11) is 0. The van der Waals surface area contributed by atoms with Crippen molar-refractivity contribution in [3.8, 4) is 22.7 Å². The van der Waals surface area contributed by atoms with Crippen LogP contribution in [0.15, 0.2) is 65.5 Å². The Kier molecular flexibility index (Phi) is 2.67. The Bertz CT molecular complexity index is 889. The summed E-state index contributed by atoms with van der Waals surface area (Å²) in [6.45, 7) is 0. The predicted molar refractivity (Wildman–Crippen MR) is 78.3 cm³/mol. The zero-order valence-electron chi connectivity index (χ0n) is 11.0. The molecule has 21 heavy (non-hydrogen) atoms. The highest BCUT2D eigenvalue weighted by molar-refractivity contribution is 5.88. The monoisotopic (exact) mass is 274 g/mol. The molecule has 5 nitrogen and oxygen atoms in total. The van der Waals surface area contributed by atoms with Crippen LogP contribution in [-0.2, 0) is 0 Å². The van der Waals surface area contributed by atoms with Crippen molar-refractivity contribution >= 4 is 11.0 Å². The van der Waals surface area contributed by atoms with Gasteiger partial charge in [0.25, 0.3) is 0 Å². The van der Waals surface area contributed by atoms with E-state index in [2.05, 4.69) is 20.2 Å². The SMILES string of the molecule is c1ccc(-c2nncc3nc(-c4ccco4)cnc23)cc1. The molecule has 0 aliphatic carbocycles. The number of rotatable bonds is 2. The van der Waals surface area contributed by atoms with E-state index in [9.17, 15) is 0 Å². The standard InChI is InChI=1S/C16H10N4O/c1-2-5-11(6-3-1)15-16-13(10-18-20-15)19-12(9-17-16)14-7-4-8-21-14/h1-10H. The first-order valence-electron chi connectivity index (χ1n) is 6.49. The van der Waals surface area contributed by atoms with Crippen LogP contribution in [-0.4, -0.2) is 20.2 Å². The lowest BCUT2D eigenvalue weighted by Crippen LogP contribution is -1.95. The third-order valence-electron chi connectivity index (χ3n) is 3.18. The molecule has 4 rings (SSSR count). The molecule has 0 saturated carbocycles. The fraction of sp³-hybridized carbons (Fsp3) is 0. The summed E-state index contributed by atoms with van der Waals surface area (Å²) in [5, 5.41) is 8.22. The van der Waals surface area contributed by atoms with E-state index in [4.69, 9.17) is 4.42 Å². The van der Waals surface area contributed by atoms with Crippen LogP contribution in [0.4, 0.5) is 0 Å². The molecule has 0 aliphatic heterocycles. The molecule has 0 radical (unpaired) electrons. The molecule has 0 bridgehead atoms. The van der Waals surface area contributed by atoms with E-state index < -0.39 is 0 Å². The second kappa shape index (κ2) is 4.79. The highest BCUT2D eigenvalue weighted by Gasteiger charge is 2.11. The summed E-state index contributed by atoms with van der Waals surface area (Å²) < 4.78 is 5.34. The molecular weight excluding hydrogens is 264 g/mol. The molecule has 0 aliphatic rings. The van der Waals surface area contributed by atoms with E-state index >= 15 is 0 Å². The average molecular weight is 274 g/mol. The van der Waals surface area contributed by atoms with E-state index in [0.717, 1.165) is 16.8 Å². The van der Waals surface area contributed by atoms with E-state index in [1.165, 1.54) is 0 Å². The van der Waals surface area contributed by atoms with Crippen LogP contribution in [0.3, 0.4) is 0 Å². The maximum absolute atomic E-state index is 5.34. The van der Waals surface area contributed by atoms with E-state index in [1.54, 1.807) is 18.7 Å². The van der Waals surface area contributed by atoms with Gasteiger partial charge < -0.3 is 4.42 Å². The molecule has 1 aromatic carbocycles. The summed E-state index contributed by atoms with van der Waals surface area (Å²) in [4.78, 5) is 9.03. The lowest BCUT2D eigenvalue weighted by atomic mass is 10.1. The van der Waals surface area contributed by atoms with E-state index in [-0.39, 0.29) is 0 Å². The molecule has 0 N–H and O–H groups in total. The Labute approximate surface area is 120 Å². The third kappa shape index (κ3) is 2.04. The van der Waals surface area contributed by atoms with Gasteiger partial charge in [0.2, 0.25) is 0 Å². The van der Waals surface area contributed by atoms with Crippen molar-refractivity contribution in [1.82, 2.24) is 20.2 Å². The van der Waals surface area contributed by atoms with Crippen LogP contribution in [0.25, 0.3) is 33.7 Å². The van der Waals surface area contributed by atoms with Crippen molar-refractivity contribution in [2.75, 3.05) is 0 Å². The molecule has 0 saturated heterocycles. The second-order valence-electron chi connectivity index (χ2n) is 4.53. The summed E-state index contributed by atoms with van der Waals surface area (Å²) in [6, 6.07) is 13.5. The van der Waals surface area contributed by atoms with Gasteiger partial charge in [-0.05, 0) is 12.1 Å². The summed E-state index contributed by atoms with van der Waals surface area (Å²) in [5.41, 5.74) is 3.80. The first kappa shape index (κ1) is 11.7. The minimum Gasteiger partial charge on any atom is -0.463 e. The van der Waals surface area contributed by atoms with Crippen LogP contribution >= 0.6 is 0 Å². The Morgan fingerprint density at radius 2 is 1.81 bits per heavy atom. The van der Waals surface area contributed by atoms with Crippen molar-refractivity contribution in [1.29, 1.82) is 0 Å². The fourth-order valence-electron chi connectivity index (χ4n) is 2.20. The maximum atomic E-state index is 5.34. The summed E-state index contributed by atoms with van der Waals surface area (Å²) in [6.07, 6.45) is 4.91. The van der Waals surface area contributed by atoms with Crippen LogP contribution in [0.2, 0.25) is 0 Å². The first-order chi connectivity index (χ1) is 10.4. The van der Waals surface area contributed by atoms with Gasteiger partial charge in [0.15, 0.2) is 5.76 Å². The van der Waals surface area contributed by atoms with Crippen molar-refractivity contribution < 1.29 is 4.42 Å². The zero-order valence-corrected chi connectivity index (χ0v) is 11.0. The highest BCUT2D eigenvalue weighted by atomic mass is 16.3. The number of hydrogen-bond donors (Lipinski definition) is 0. The molecule has 0 atom stereocenters. The Morgan fingerprint density at radius 3 is 2.62 bits per heavy atom. The second-order valence-corrected chi connectivity index (χ2v) is 4.53. The van der Waals surface area contributed by atoms with Crippen molar-refractivity contribution in [3.05, 3.63) is 61.1 Å². The fourth-order valence-corrected chi connectivity index (χ4v) is 2.20. The molecule has 0 fully saturated rings. The molecule has 3 aromatic heterocycles. The first-order valence-corrected chi connectivity index (χ1v) is 6.49. The third-order valence-corrected chi connectivity index (χ3v) is 3.18. The van der Waals surface area contributed by atoms with Gasteiger partial charge in [0, 0.05) is 5.56 Å². The normalized spacial score (nSPS) is 10.9. The van der Waals surface area contributed by atoms with Crippen LogP contribution in [0, 0.1) is 0 Å². The average Bonchev–Trinajstić information content (AvgIpc) is 3.09. The molecule has 0 spiro atoms. The number of hydrogen-bond acceptors (Lipinski definition) is 5. The van der Waals surface area contributed by atoms with Gasteiger partial charge in [-0.25, -0.2) is 9.97 Å². The quantitative estimate of drug-likeness (QED) is 0.561. The Morgan fingerprint density at radius 1 is 0.905 bits per heavy atom. The molecule has 0 amide bonds. The maximum Gasteiger partial charge on any atom is 0.153 e. The van der Waals surface area contributed by atoms with Crippen LogP contribution in [0.1, 0.15) is 0 Å². The minimum absolute atomic E-state index is 0.680. The summed E-state index contributed by atoms with van der Waals surface area (Å²) >= 11 is 0. The number of fused-ring (bicyclic) bond motifs is 1. The Balaban J connectivity index is 1.92. The predicted octanol–water partition coefficient (Wildman–Crippen LogP) is 3.35. The molecule has 5 heteroatoms. The van der Waals surface area contributed by atoms with Gasteiger partial charge >= 0.3 is 0 Å². The molecule has 0 unspecified atom stereocenters. The lowest BCUT2D eigenvalue weighted by molar-refractivity contribution is 0.580. The van der Waals surface area contributed by atoms with E-state index in [1.807, 2.05) is 42.5 Å². The van der Waals surface area contributed by atoms with Gasteiger partial charge in [0.1, 0.15) is 22.4 Å². The number of nitrogens with zero attached hydrogens (tertiary/aromatic N) is 4. The molecule has 3 heterocycles. The largest absolute Gasteiger partial charge is 0.463 e. The lowest BCUT2D eigenvalue weighted by Gasteiger charge is -2.04. The highest BCUT2D eigenvalue weighted by Crippen LogP contribution is 2.25. The van der Waals surface area contributed by atoms with Crippen LogP contribution in [0.5, 0.6) is 0 Å². The van der Waals surface area contributed by atoms with Crippen LogP contribution < -0.4 is 0 Å². The number of benzene rings is 1. The van der Waals surface area contributed by atoms with Crippen molar-refractivity contribution in [2.24, 2.45) is 0 Å². The minimum atomic E-state index is 0.680. The van der Waals surface area contributed by atoms with E-state index in [0.29, 0.717) is 17.0 Å². The van der Waals surface area contributed by atoms with Gasteiger partial charge in [-0.15, -0.1) is 5.10 Å². The smallest absolute Gasteiger partial charge is 0.153 e. The van der Waals surface area contributed by atoms with Gasteiger partial charge in [-0.2, -0.15) is 5.10 Å². The van der Waals surface area contributed by atoms with Crippen molar-refractivity contribution in [2.45, 2.75) is 0 Å².